The Morgan fingerprint density at radius 1 is 1.17 bits per heavy atom. The molecule has 0 aromatic carbocycles. The van der Waals surface area contributed by atoms with Crippen molar-refractivity contribution >= 4 is 45.9 Å². The maximum atomic E-state index is 12.5. The molecule has 11 heteroatoms. The summed E-state index contributed by atoms with van der Waals surface area (Å²) in [5.41, 5.74) is 0.853. The number of aromatic nitrogens is 2. The Balaban J connectivity index is 2.21. The lowest BCUT2D eigenvalue weighted by molar-refractivity contribution is -0.113. The average Bonchev–Trinajstić information content (AvgIpc) is 3.02. The van der Waals surface area contributed by atoms with E-state index in [2.05, 4.69) is 15.3 Å². The number of nitrogens with zero attached hydrogens (tertiary/aromatic N) is 1. The third kappa shape index (κ3) is 5.92. The zero-order chi connectivity index (χ0) is 22.3. The molecule has 0 saturated carbocycles. The molecular formula is C19H23N3O6S2. The largest absolute Gasteiger partial charge is 0.462 e. The van der Waals surface area contributed by atoms with Crippen molar-refractivity contribution in [2.24, 2.45) is 0 Å². The van der Waals surface area contributed by atoms with Crippen molar-refractivity contribution in [2.75, 3.05) is 24.3 Å². The Morgan fingerprint density at radius 2 is 1.83 bits per heavy atom. The summed E-state index contributed by atoms with van der Waals surface area (Å²) in [6.45, 7) is 7.16. The third-order valence-electron chi connectivity index (χ3n) is 3.82. The van der Waals surface area contributed by atoms with Crippen LogP contribution in [-0.2, 0) is 20.7 Å². The van der Waals surface area contributed by atoms with Gasteiger partial charge in [-0.2, -0.15) is 0 Å². The summed E-state index contributed by atoms with van der Waals surface area (Å²) in [6, 6.07) is 1.40. The Hall–Kier alpha value is -2.66. The van der Waals surface area contributed by atoms with E-state index in [4.69, 9.17) is 9.47 Å². The summed E-state index contributed by atoms with van der Waals surface area (Å²) in [5, 5.41) is 3.19. The number of aryl methyl sites for hydroxylation is 1. The number of ether oxygens (including phenoxy) is 2. The number of H-pyrrole nitrogens is 1. The smallest absolute Gasteiger partial charge is 0.348 e. The number of anilines is 1. The highest BCUT2D eigenvalue weighted by Gasteiger charge is 2.27. The van der Waals surface area contributed by atoms with Crippen LogP contribution >= 0.6 is 23.1 Å². The van der Waals surface area contributed by atoms with Gasteiger partial charge in [0.1, 0.15) is 9.88 Å². The molecular weight excluding hydrogens is 430 g/mol. The number of aromatic amines is 1. The maximum absolute atomic E-state index is 12.5. The van der Waals surface area contributed by atoms with E-state index in [9.17, 15) is 19.2 Å². The lowest BCUT2D eigenvalue weighted by Gasteiger charge is -2.07. The summed E-state index contributed by atoms with van der Waals surface area (Å²) in [6.07, 6.45) is 0.595. The van der Waals surface area contributed by atoms with Gasteiger partial charge in [0.05, 0.1) is 24.5 Å². The molecule has 0 spiro atoms. The highest BCUT2D eigenvalue weighted by atomic mass is 32.2. The van der Waals surface area contributed by atoms with Gasteiger partial charge in [-0.25, -0.2) is 14.6 Å². The number of carbonyl (C=O) groups excluding carboxylic acids is 3. The number of thiophene rings is 1. The second-order valence-corrected chi connectivity index (χ2v) is 7.92. The van der Waals surface area contributed by atoms with Gasteiger partial charge >= 0.3 is 11.9 Å². The normalized spacial score (nSPS) is 10.5. The highest BCUT2D eigenvalue weighted by Crippen LogP contribution is 2.34. The van der Waals surface area contributed by atoms with Crippen LogP contribution in [0.2, 0.25) is 0 Å². The summed E-state index contributed by atoms with van der Waals surface area (Å²) in [5.74, 6) is -1.68. The second-order valence-electron chi connectivity index (χ2n) is 5.93. The molecule has 0 atom stereocenters. The Bertz CT molecular complexity index is 999. The van der Waals surface area contributed by atoms with Crippen molar-refractivity contribution in [3.63, 3.8) is 0 Å². The summed E-state index contributed by atoms with van der Waals surface area (Å²) in [4.78, 5) is 55.7. The number of carbonyl (C=O) groups is 3. The fourth-order valence-electron chi connectivity index (χ4n) is 2.47. The van der Waals surface area contributed by atoms with Crippen molar-refractivity contribution in [1.29, 1.82) is 0 Å². The van der Waals surface area contributed by atoms with Gasteiger partial charge in [0.15, 0.2) is 5.16 Å². The third-order valence-corrected chi connectivity index (χ3v) is 5.88. The molecule has 2 aromatic rings. The molecule has 2 heterocycles. The molecule has 0 aliphatic carbocycles. The van der Waals surface area contributed by atoms with Crippen LogP contribution < -0.4 is 10.9 Å². The van der Waals surface area contributed by atoms with Crippen LogP contribution in [0, 0.1) is 6.92 Å². The first-order chi connectivity index (χ1) is 14.3. The van der Waals surface area contributed by atoms with Gasteiger partial charge in [-0.15, -0.1) is 11.3 Å². The SMILES string of the molecule is CCOC(=O)c1sc(NC(=O)CSc2nc(CC)cc(=O)[nH]2)c(C(=O)OCC)c1C. The highest BCUT2D eigenvalue weighted by molar-refractivity contribution is 7.99. The molecule has 0 aliphatic rings. The molecule has 1 amide bonds. The first kappa shape index (κ1) is 23.6. The van der Waals surface area contributed by atoms with Gasteiger partial charge in [0.25, 0.3) is 5.56 Å². The predicted molar refractivity (Wildman–Crippen MR) is 115 cm³/mol. The number of hydrogen-bond acceptors (Lipinski definition) is 9. The predicted octanol–water partition coefficient (Wildman–Crippen LogP) is 2.79. The molecule has 0 saturated heterocycles. The van der Waals surface area contributed by atoms with Crippen LogP contribution in [0.1, 0.15) is 52.1 Å². The molecule has 0 radical (unpaired) electrons. The van der Waals surface area contributed by atoms with E-state index < -0.39 is 17.8 Å². The minimum Gasteiger partial charge on any atom is -0.462 e. The van der Waals surface area contributed by atoms with E-state index in [-0.39, 0.29) is 40.0 Å². The zero-order valence-electron chi connectivity index (χ0n) is 17.1. The van der Waals surface area contributed by atoms with Crippen LogP contribution in [0.15, 0.2) is 16.0 Å². The fraction of sp³-hybridized carbons (Fsp3) is 0.421. The first-order valence-corrected chi connectivity index (χ1v) is 11.1. The minimum absolute atomic E-state index is 0.0515. The number of thioether (sulfide) groups is 1. The van der Waals surface area contributed by atoms with Gasteiger partial charge in [-0.3, -0.25) is 9.59 Å². The van der Waals surface area contributed by atoms with Gasteiger partial charge in [0.2, 0.25) is 5.91 Å². The molecule has 2 N–H and O–H groups in total. The maximum Gasteiger partial charge on any atom is 0.348 e. The Morgan fingerprint density at radius 3 is 2.47 bits per heavy atom. The van der Waals surface area contributed by atoms with E-state index in [1.165, 1.54) is 6.07 Å². The van der Waals surface area contributed by atoms with Crippen LogP contribution in [0.3, 0.4) is 0 Å². The number of esters is 2. The molecule has 30 heavy (non-hydrogen) atoms. The molecule has 2 aromatic heterocycles. The molecule has 0 aliphatic heterocycles. The minimum atomic E-state index is -0.633. The Kier molecular flexibility index (Phi) is 8.60. The second kappa shape index (κ2) is 10.9. The van der Waals surface area contributed by atoms with E-state index in [1.807, 2.05) is 6.92 Å². The number of nitrogens with one attached hydrogen (secondary N) is 2. The summed E-state index contributed by atoms with van der Waals surface area (Å²) >= 11 is 2.02. The molecule has 162 valence electrons. The van der Waals surface area contributed by atoms with E-state index >= 15 is 0 Å². The van der Waals surface area contributed by atoms with Crippen molar-refractivity contribution < 1.29 is 23.9 Å². The fourth-order valence-corrected chi connectivity index (χ4v) is 4.27. The van der Waals surface area contributed by atoms with Crippen LogP contribution in [0.5, 0.6) is 0 Å². The number of rotatable bonds is 9. The molecule has 0 bridgehead atoms. The topological polar surface area (TPSA) is 127 Å². The van der Waals surface area contributed by atoms with Gasteiger partial charge in [0, 0.05) is 11.8 Å². The molecule has 2 rings (SSSR count). The summed E-state index contributed by atoms with van der Waals surface area (Å²) in [7, 11) is 0. The quantitative estimate of drug-likeness (QED) is 0.337. The van der Waals surface area contributed by atoms with Crippen molar-refractivity contribution in [3.8, 4) is 0 Å². The lowest BCUT2D eigenvalue weighted by Crippen LogP contribution is -2.17. The molecule has 0 fully saturated rings. The number of amides is 1. The van der Waals surface area contributed by atoms with Crippen LogP contribution in [0.4, 0.5) is 5.00 Å². The lowest BCUT2D eigenvalue weighted by atomic mass is 10.1. The van der Waals surface area contributed by atoms with E-state index in [0.717, 1.165) is 23.1 Å². The van der Waals surface area contributed by atoms with E-state index in [1.54, 1.807) is 20.8 Å². The Labute approximate surface area is 181 Å². The number of hydrogen-bond donors (Lipinski definition) is 2. The van der Waals surface area contributed by atoms with Gasteiger partial charge < -0.3 is 19.8 Å². The van der Waals surface area contributed by atoms with Crippen LogP contribution in [0.25, 0.3) is 0 Å². The van der Waals surface area contributed by atoms with Crippen molar-refractivity contribution in [3.05, 3.63) is 38.1 Å². The monoisotopic (exact) mass is 453 g/mol. The molecule has 0 unspecified atom stereocenters. The van der Waals surface area contributed by atoms with Crippen LogP contribution in [-0.4, -0.2) is 46.8 Å². The zero-order valence-corrected chi connectivity index (χ0v) is 18.8. The first-order valence-electron chi connectivity index (χ1n) is 9.31. The summed E-state index contributed by atoms with van der Waals surface area (Å²) < 4.78 is 10.1. The standard InChI is InChI=1S/C19H23N3O6S2/c1-5-11-8-12(23)22-19(20-11)29-9-13(24)21-16-14(17(25)27-6-2)10(4)15(30-16)18(26)28-7-3/h8H,5-7,9H2,1-4H3,(H,21,24)(H,20,22,23). The van der Waals surface area contributed by atoms with Gasteiger partial charge in [-0.05, 0) is 32.8 Å². The van der Waals surface area contributed by atoms with Gasteiger partial charge in [-0.1, -0.05) is 18.7 Å². The average molecular weight is 454 g/mol. The van der Waals surface area contributed by atoms with Crippen molar-refractivity contribution in [2.45, 2.75) is 39.3 Å². The van der Waals surface area contributed by atoms with Crippen molar-refractivity contribution in [1.82, 2.24) is 9.97 Å². The molecule has 9 nitrogen and oxygen atoms in total. The van der Waals surface area contributed by atoms with E-state index in [0.29, 0.717) is 22.8 Å².